The lowest BCUT2D eigenvalue weighted by Crippen LogP contribution is -2.52. The van der Waals surface area contributed by atoms with Gasteiger partial charge in [-0.3, -0.25) is 48.1 Å². The number of aryl methyl sites for hydroxylation is 1. The van der Waals surface area contributed by atoms with E-state index >= 15 is 4.39 Å². The highest BCUT2D eigenvalue weighted by atomic mass is 19.1. The number of nitrogens with one attached hydrogen (secondary N) is 6. The molecule has 5 heterocycles. The topological polar surface area (TPSA) is 303 Å². The van der Waals surface area contributed by atoms with Gasteiger partial charge in [-0.25, -0.2) is 14.2 Å². The largest absolute Gasteiger partial charge is 0.458 e. The molecular weight excluding hydrogens is 1000 g/mol. The first-order valence-corrected chi connectivity index (χ1v) is 25.6. The predicted molar refractivity (Wildman–Crippen MR) is 270 cm³/mol. The van der Waals surface area contributed by atoms with Crippen LogP contribution in [-0.4, -0.2) is 118 Å². The molecule has 2 aromatic heterocycles. The van der Waals surface area contributed by atoms with Crippen LogP contribution in [-0.2, 0) is 84.2 Å². The van der Waals surface area contributed by atoms with Gasteiger partial charge in [0.1, 0.15) is 25.2 Å². The third-order valence-electron chi connectivity index (χ3n) is 15.0. The van der Waals surface area contributed by atoms with E-state index in [4.69, 9.17) is 14.5 Å². The van der Waals surface area contributed by atoms with Crippen molar-refractivity contribution in [2.24, 2.45) is 5.92 Å². The van der Waals surface area contributed by atoms with Gasteiger partial charge in [0.15, 0.2) is 5.60 Å². The maximum Gasteiger partial charge on any atom is 0.343 e. The Hall–Kier alpha value is -8.18. The van der Waals surface area contributed by atoms with E-state index in [1.54, 1.807) is 50.2 Å². The van der Waals surface area contributed by atoms with Crippen LogP contribution in [0.3, 0.4) is 0 Å². The molecule has 8 amide bonds. The molecule has 77 heavy (non-hydrogen) atoms. The Balaban J connectivity index is 0.760. The van der Waals surface area contributed by atoms with Crippen molar-refractivity contribution in [2.75, 3.05) is 32.9 Å². The number of carbonyl (C=O) groups excluding carboxylic acids is 9. The number of unbranched alkanes of at least 4 members (excludes halogenated alkanes) is 1. The van der Waals surface area contributed by atoms with Gasteiger partial charge in [-0.2, -0.15) is 0 Å². The summed E-state index contributed by atoms with van der Waals surface area (Å²) < 4.78 is 28.1. The number of imide groups is 1. The van der Waals surface area contributed by atoms with E-state index in [1.807, 2.05) is 0 Å². The maximum absolute atomic E-state index is 15.5. The van der Waals surface area contributed by atoms with Crippen molar-refractivity contribution >= 4 is 64.1 Å². The summed E-state index contributed by atoms with van der Waals surface area (Å²) in [6.45, 7) is 1.54. The van der Waals surface area contributed by atoms with Gasteiger partial charge in [0.2, 0.25) is 35.4 Å². The Morgan fingerprint density at radius 1 is 0.870 bits per heavy atom. The fourth-order valence-corrected chi connectivity index (χ4v) is 10.5. The number of hydrogen-bond acceptors (Lipinski definition) is 14. The second-order valence-electron chi connectivity index (χ2n) is 19.7. The highest BCUT2D eigenvalue weighted by molar-refractivity contribution is 6.12. The number of halogens is 1. The molecule has 0 saturated heterocycles. The molecule has 0 radical (unpaired) electrons. The van der Waals surface area contributed by atoms with E-state index in [9.17, 15) is 53.1 Å². The Bertz CT molecular complexity index is 3200. The number of aliphatic hydroxyl groups is 1. The van der Waals surface area contributed by atoms with Crippen LogP contribution in [0.15, 0.2) is 59.4 Å². The Kier molecular flexibility index (Phi) is 15.7. The quantitative estimate of drug-likeness (QED) is 0.0230. The van der Waals surface area contributed by atoms with Crippen LogP contribution in [0.5, 0.6) is 0 Å². The number of esters is 1. The third kappa shape index (κ3) is 11.1. The molecule has 0 spiro atoms. The second-order valence-corrected chi connectivity index (χ2v) is 19.7. The van der Waals surface area contributed by atoms with Crippen LogP contribution >= 0.6 is 0 Å². The molecule has 5 aliphatic rings. The van der Waals surface area contributed by atoms with E-state index in [0.29, 0.717) is 83.1 Å². The Labute approximate surface area is 439 Å². The number of benzene rings is 2. The Morgan fingerprint density at radius 2 is 1.58 bits per heavy atom. The number of cyclic esters (lactones) is 1. The number of ether oxygens (including phenoxy) is 2. The first-order valence-electron chi connectivity index (χ1n) is 25.6. The van der Waals surface area contributed by atoms with Gasteiger partial charge >= 0.3 is 5.97 Å². The molecule has 2 aromatic carbocycles. The SMILES string of the molecule is CC[C@@]1(O)C(=O)OCc2c1cc1n(c2=O)Cc2c-1nc1cc(F)c(C)c3c1c2[C@@H](NC(=O)[C@@H]1CCC1OCNC(=O)CNC(=O)[C@H](Cc1ccccc1)NC(=O)CNC(=O)CNC(=O)CCCCN1C(=O)C=CC1=O)CC3. The monoisotopic (exact) mass is 1060 g/mol. The van der Waals surface area contributed by atoms with E-state index in [-0.39, 0.29) is 62.7 Å². The zero-order valence-corrected chi connectivity index (χ0v) is 42.4. The lowest BCUT2D eigenvalue weighted by molar-refractivity contribution is -0.172. The molecule has 0 bridgehead atoms. The first kappa shape index (κ1) is 53.6. The van der Waals surface area contributed by atoms with Crippen LogP contribution in [0.2, 0.25) is 0 Å². The summed E-state index contributed by atoms with van der Waals surface area (Å²) >= 11 is 0. The molecule has 9 rings (SSSR count). The molecule has 404 valence electrons. The predicted octanol–water partition coefficient (Wildman–Crippen LogP) is 0.671. The van der Waals surface area contributed by atoms with Crippen molar-refractivity contribution in [3.05, 3.63) is 110 Å². The molecule has 7 N–H and O–H groups in total. The number of nitrogens with zero attached hydrogens (tertiary/aromatic N) is 3. The third-order valence-corrected chi connectivity index (χ3v) is 15.0. The summed E-state index contributed by atoms with van der Waals surface area (Å²) in [5.41, 5.74) is 2.17. The standard InChI is InChI=1S/C54H58FN9O13/c1-3-54(75)34-20-39-49-32(25-64(39)52(73)33(34)26-76-53(54)74)48-36(14-12-30-28(2)35(55)21-37(61-49)47(30)48)62-50(71)31-13-15-40(31)77-27-59-43(67)23-58-51(72)38(19-29-9-5-4-6-10-29)60-44(68)24-57-42(66)22-56-41(65)11-7-8-18-63-45(69)16-17-46(63)70/h4-6,9-10,16-17,20-21,31,36,38,40,75H,3,7-8,11-15,18-19,22-27H2,1-2H3,(H,56,65)(H,57,66)(H,58,72)(H,59,67)(H,60,68)(H,62,71)/t31-,36+,38+,40?,54+/m1/s1. The van der Waals surface area contributed by atoms with Crippen molar-refractivity contribution in [1.82, 2.24) is 46.4 Å². The number of amides is 8. The van der Waals surface area contributed by atoms with E-state index in [0.717, 1.165) is 10.5 Å². The van der Waals surface area contributed by atoms with Gasteiger partial charge in [0.25, 0.3) is 17.4 Å². The number of fused-ring (bicyclic) bond motifs is 5. The molecule has 1 fully saturated rings. The normalized spacial score (nSPS) is 20.0. The van der Waals surface area contributed by atoms with E-state index in [2.05, 4.69) is 31.9 Å². The molecule has 2 aliphatic carbocycles. The fraction of sp³-hybridized carbons (Fsp3) is 0.426. The van der Waals surface area contributed by atoms with Crippen LogP contribution in [0.25, 0.3) is 22.3 Å². The molecule has 22 nitrogen and oxygen atoms in total. The summed E-state index contributed by atoms with van der Waals surface area (Å²) in [6.07, 6.45) is 4.48. The number of hydrogen-bond donors (Lipinski definition) is 7. The van der Waals surface area contributed by atoms with Gasteiger partial charge < -0.3 is 51.0 Å². The fourth-order valence-electron chi connectivity index (χ4n) is 10.5. The zero-order valence-electron chi connectivity index (χ0n) is 42.4. The molecule has 4 aromatic rings. The lowest BCUT2D eigenvalue weighted by Gasteiger charge is -2.37. The van der Waals surface area contributed by atoms with Crippen molar-refractivity contribution in [3.8, 4) is 11.4 Å². The first-order chi connectivity index (χ1) is 36.9. The minimum absolute atomic E-state index is 0.0395. The molecular formula is C54H58FN9O13. The average Bonchev–Trinajstić information content (AvgIpc) is 4.18. The number of aromatic nitrogens is 2. The second kappa shape index (κ2) is 22.6. The summed E-state index contributed by atoms with van der Waals surface area (Å²) in [4.78, 5) is 134. The van der Waals surface area contributed by atoms with Gasteiger partial charge in [-0.1, -0.05) is 37.3 Å². The van der Waals surface area contributed by atoms with Crippen molar-refractivity contribution in [1.29, 1.82) is 0 Å². The summed E-state index contributed by atoms with van der Waals surface area (Å²) in [6, 6.07) is 10.0. The maximum atomic E-state index is 15.5. The van der Waals surface area contributed by atoms with E-state index < -0.39 is 108 Å². The highest BCUT2D eigenvalue weighted by Gasteiger charge is 2.46. The van der Waals surface area contributed by atoms with Gasteiger partial charge in [0, 0.05) is 54.1 Å². The summed E-state index contributed by atoms with van der Waals surface area (Å²) in [5.74, 6) is -6.13. The zero-order chi connectivity index (χ0) is 54.7. The molecule has 1 saturated carbocycles. The smallest absolute Gasteiger partial charge is 0.343 e. The average molecular weight is 1060 g/mol. The molecule has 1 unspecified atom stereocenters. The minimum Gasteiger partial charge on any atom is -0.458 e. The summed E-state index contributed by atoms with van der Waals surface area (Å²) in [5, 5.41) is 27.8. The van der Waals surface area contributed by atoms with Gasteiger partial charge in [0.05, 0.1) is 66.7 Å². The molecule has 3 aliphatic heterocycles. The van der Waals surface area contributed by atoms with Gasteiger partial charge in [-0.05, 0) is 80.2 Å². The number of rotatable bonds is 21. The minimum atomic E-state index is -2.04. The highest BCUT2D eigenvalue weighted by Crippen LogP contribution is 2.46. The van der Waals surface area contributed by atoms with E-state index in [1.165, 1.54) is 22.8 Å². The number of pyridine rings is 2. The van der Waals surface area contributed by atoms with Crippen LogP contribution in [0, 0.1) is 18.7 Å². The Morgan fingerprint density at radius 3 is 2.31 bits per heavy atom. The van der Waals surface area contributed by atoms with Gasteiger partial charge in [-0.15, -0.1) is 0 Å². The van der Waals surface area contributed by atoms with Crippen molar-refractivity contribution in [3.63, 3.8) is 0 Å². The number of carbonyl (C=O) groups is 9. The summed E-state index contributed by atoms with van der Waals surface area (Å²) in [7, 11) is 0. The van der Waals surface area contributed by atoms with Crippen molar-refractivity contribution in [2.45, 2.75) is 109 Å². The van der Waals surface area contributed by atoms with Crippen LogP contribution in [0.1, 0.15) is 96.9 Å². The van der Waals surface area contributed by atoms with Crippen LogP contribution in [0.4, 0.5) is 4.39 Å². The van der Waals surface area contributed by atoms with Crippen LogP contribution < -0.4 is 37.5 Å². The van der Waals surface area contributed by atoms with Crippen molar-refractivity contribution < 1.29 is 62.1 Å². The lowest BCUT2D eigenvalue weighted by atomic mass is 9.79. The molecule has 5 atom stereocenters. The molecule has 23 heteroatoms.